The van der Waals surface area contributed by atoms with E-state index in [-0.39, 0.29) is 23.9 Å². The van der Waals surface area contributed by atoms with Gasteiger partial charge in [0.25, 0.3) is 5.91 Å². The predicted molar refractivity (Wildman–Crippen MR) is 144 cm³/mol. The number of carbonyl (C=O) groups excluding carboxylic acids is 1. The van der Waals surface area contributed by atoms with Gasteiger partial charge >= 0.3 is 0 Å². The average molecular weight is 525 g/mol. The number of aromatic nitrogens is 7. The van der Waals surface area contributed by atoms with Crippen LogP contribution in [0, 0.1) is 0 Å². The molecule has 1 saturated carbocycles. The van der Waals surface area contributed by atoms with E-state index in [0.29, 0.717) is 23.6 Å². The molecular formula is C28H32N10O. The van der Waals surface area contributed by atoms with Crippen LogP contribution in [0.15, 0.2) is 30.9 Å². The van der Waals surface area contributed by atoms with Gasteiger partial charge in [0.15, 0.2) is 5.65 Å². The van der Waals surface area contributed by atoms with E-state index < -0.39 is 0 Å². The first kappa shape index (κ1) is 23.1. The van der Waals surface area contributed by atoms with Gasteiger partial charge in [0.1, 0.15) is 12.1 Å². The lowest BCUT2D eigenvalue weighted by Gasteiger charge is -2.39. The van der Waals surface area contributed by atoms with Gasteiger partial charge in [-0.05, 0) is 69.9 Å². The van der Waals surface area contributed by atoms with E-state index in [1.54, 1.807) is 0 Å². The molecule has 11 nitrogen and oxygen atoms in total. The van der Waals surface area contributed by atoms with Gasteiger partial charge in [-0.3, -0.25) is 14.9 Å². The number of amides is 1. The molecule has 4 N–H and O–H groups in total. The van der Waals surface area contributed by atoms with Gasteiger partial charge in [-0.25, -0.2) is 9.97 Å². The minimum atomic E-state index is -0.0504. The molecule has 2 bridgehead atoms. The number of nitrogens with two attached hydrogens (primary N) is 1. The third kappa shape index (κ3) is 3.74. The molecule has 8 rings (SSSR count). The Labute approximate surface area is 225 Å². The Hall–Kier alpha value is -3.86. The molecule has 1 aliphatic carbocycles. The standard InChI is InChI=1S/C28H32N10O/c29-25-23(15-3-4-15)24(17-10-18-6-7-19(11-17)37(18)28(39)26-32-14-33-36-26)35-27-20(13-34-38(25)27)16-5-8-22(31-12-16)21-2-1-9-30-21/h5,8,12-15,17-19,21,30H,1-4,6-7,9-11,29H2,(H,32,33,36). The van der Waals surface area contributed by atoms with Crippen molar-refractivity contribution in [3.05, 3.63) is 53.6 Å². The number of nitrogens with one attached hydrogen (secondary N) is 2. The van der Waals surface area contributed by atoms with Crippen molar-refractivity contribution in [1.29, 1.82) is 0 Å². The van der Waals surface area contributed by atoms with E-state index in [1.165, 1.54) is 12.7 Å². The number of H-pyrrole nitrogens is 1. The van der Waals surface area contributed by atoms with Crippen LogP contribution in [0.2, 0.25) is 0 Å². The topological polar surface area (TPSA) is 143 Å². The monoisotopic (exact) mass is 524 g/mol. The Balaban J connectivity index is 1.15. The molecule has 0 aromatic carbocycles. The minimum Gasteiger partial charge on any atom is -0.383 e. The van der Waals surface area contributed by atoms with Crippen molar-refractivity contribution < 1.29 is 4.79 Å². The average Bonchev–Trinajstić information content (AvgIpc) is 3.37. The number of nitrogen functional groups attached to an aromatic ring is 1. The highest BCUT2D eigenvalue weighted by molar-refractivity contribution is 5.91. The molecule has 0 spiro atoms. The number of rotatable bonds is 5. The number of anilines is 1. The maximum atomic E-state index is 13.2. The third-order valence-electron chi connectivity index (χ3n) is 9.22. The molecule has 3 atom stereocenters. The molecule has 4 aromatic rings. The Kier molecular flexibility index (Phi) is 5.23. The Bertz CT molecular complexity index is 1520. The summed E-state index contributed by atoms with van der Waals surface area (Å²) < 4.78 is 1.82. The van der Waals surface area contributed by atoms with Crippen LogP contribution in [0.25, 0.3) is 16.8 Å². The second-order valence-corrected chi connectivity index (χ2v) is 11.6. The highest BCUT2D eigenvalue weighted by Crippen LogP contribution is 2.50. The Morgan fingerprint density at radius 1 is 1.00 bits per heavy atom. The van der Waals surface area contributed by atoms with Gasteiger partial charge in [-0.15, -0.1) is 0 Å². The highest BCUT2D eigenvalue weighted by Gasteiger charge is 2.46. The van der Waals surface area contributed by atoms with Gasteiger partial charge in [-0.2, -0.15) is 14.7 Å². The molecule has 4 aromatic heterocycles. The second-order valence-electron chi connectivity index (χ2n) is 11.6. The zero-order chi connectivity index (χ0) is 26.1. The molecule has 3 aliphatic heterocycles. The van der Waals surface area contributed by atoms with E-state index >= 15 is 0 Å². The van der Waals surface area contributed by atoms with E-state index in [1.807, 2.05) is 21.8 Å². The SMILES string of the molecule is Nc1c(C2CC2)c(C2CC3CCC(C2)N3C(=O)c2ncn[nH]2)nc2c(-c3ccc(C4CCCN4)nc3)cnn12. The maximum absolute atomic E-state index is 13.2. The summed E-state index contributed by atoms with van der Waals surface area (Å²) >= 11 is 0. The van der Waals surface area contributed by atoms with Crippen LogP contribution in [0.1, 0.15) is 96.8 Å². The number of carbonyl (C=O) groups is 1. The van der Waals surface area contributed by atoms with Crippen molar-refractivity contribution >= 4 is 17.4 Å². The summed E-state index contributed by atoms with van der Waals surface area (Å²) in [6, 6.07) is 4.91. The van der Waals surface area contributed by atoms with Crippen molar-refractivity contribution in [1.82, 2.24) is 45.0 Å². The lowest BCUT2D eigenvalue weighted by Crippen LogP contribution is -2.46. The molecular weight excluding hydrogens is 492 g/mol. The molecule has 200 valence electrons. The number of hydrogen-bond donors (Lipinski definition) is 3. The Morgan fingerprint density at radius 2 is 1.85 bits per heavy atom. The summed E-state index contributed by atoms with van der Waals surface area (Å²) in [5, 5.41) is 14.8. The number of nitrogens with zero attached hydrogens (tertiary/aromatic N) is 7. The zero-order valence-corrected chi connectivity index (χ0v) is 21.8. The van der Waals surface area contributed by atoms with Crippen LogP contribution in [0.3, 0.4) is 0 Å². The molecule has 7 heterocycles. The van der Waals surface area contributed by atoms with Crippen LogP contribution in [0.5, 0.6) is 0 Å². The van der Waals surface area contributed by atoms with Crippen LogP contribution in [0.4, 0.5) is 5.82 Å². The van der Waals surface area contributed by atoms with Crippen molar-refractivity contribution in [2.45, 2.75) is 81.3 Å². The number of fused-ring (bicyclic) bond motifs is 3. The van der Waals surface area contributed by atoms with Gasteiger partial charge in [0, 0.05) is 46.9 Å². The summed E-state index contributed by atoms with van der Waals surface area (Å²) in [6.45, 7) is 1.05. The first-order chi connectivity index (χ1) is 19.2. The Morgan fingerprint density at radius 3 is 2.51 bits per heavy atom. The molecule has 4 aliphatic rings. The van der Waals surface area contributed by atoms with E-state index in [0.717, 1.165) is 85.2 Å². The number of piperidine rings is 1. The molecule has 4 fully saturated rings. The molecule has 1 amide bonds. The lowest BCUT2D eigenvalue weighted by atomic mass is 9.85. The predicted octanol–water partition coefficient (Wildman–Crippen LogP) is 3.34. The molecule has 0 radical (unpaired) electrons. The lowest BCUT2D eigenvalue weighted by molar-refractivity contribution is 0.0557. The molecule has 3 saturated heterocycles. The van der Waals surface area contributed by atoms with Crippen molar-refractivity contribution in [3.8, 4) is 11.1 Å². The molecule has 3 unspecified atom stereocenters. The van der Waals surface area contributed by atoms with Crippen molar-refractivity contribution in [3.63, 3.8) is 0 Å². The van der Waals surface area contributed by atoms with E-state index in [9.17, 15) is 4.79 Å². The normalized spacial score (nSPS) is 26.5. The van der Waals surface area contributed by atoms with Gasteiger partial charge < -0.3 is 16.0 Å². The summed E-state index contributed by atoms with van der Waals surface area (Å²) in [5.74, 6) is 1.67. The van der Waals surface area contributed by atoms with Gasteiger partial charge in [0.05, 0.1) is 17.6 Å². The minimum absolute atomic E-state index is 0.0504. The highest BCUT2D eigenvalue weighted by atomic mass is 16.2. The van der Waals surface area contributed by atoms with Crippen molar-refractivity contribution in [2.75, 3.05) is 12.3 Å². The first-order valence-electron chi connectivity index (χ1n) is 14.2. The fraction of sp³-hybridized carbons (Fsp3) is 0.500. The van der Waals surface area contributed by atoms with E-state index in [2.05, 4.69) is 37.7 Å². The summed E-state index contributed by atoms with van der Waals surface area (Å²) in [7, 11) is 0. The number of aromatic amines is 1. The van der Waals surface area contributed by atoms with Crippen LogP contribution in [-0.4, -0.2) is 64.2 Å². The summed E-state index contributed by atoms with van der Waals surface area (Å²) in [5.41, 5.74) is 12.9. The van der Waals surface area contributed by atoms with Gasteiger partial charge in [-0.1, -0.05) is 6.07 Å². The maximum Gasteiger partial charge on any atom is 0.291 e. The first-order valence-corrected chi connectivity index (χ1v) is 14.2. The number of hydrogen-bond acceptors (Lipinski definition) is 8. The van der Waals surface area contributed by atoms with Crippen LogP contribution in [-0.2, 0) is 0 Å². The smallest absolute Gasteiger partial charge is 0.291 e. The van der Waals surface area contributed by atoms with E-state index in [4.69, 9.17) is 15.7 Å². The quantitative estimate of drug-likeness (QED) is 0.361. The largest absolute Gasteiger partial charge is 0.383 e. The summed E-state index contributed by atoms with van der Waals surface area (Å²) in [4.78, 5) is 29.4. The fourth-order valence-electron chi connectivity index (χ4n) is 7.22. The van der Waals surface area contributed by atoms with Crippen LogP contribution < -0.4 is 11.1 Å². The zero-order valence-electron chi connectivity index (χ0n) is 21.8. The van der Waals surface area contributed by atoms with Gasteiger partial charge in [0.2, 0.25) is 5.82 Å². The fourth-order valence-corrected chi connectivity index (χ4v) is 7.22. The van der Waals surface area contributed by atoms with Crippen molar-refractivity contribution in [2.24, 2.45) is 0 Å². The third-order valence-corrected chi connectivity index (χ3v) is 9.22. The number of pyridine rings is 1. The molecule has 11 heteroatoms. The van der Waals surface area contributed by atoms with Crippen LogP contribution >= 0.6 is 0 Å². The second kappa shape index (κ2) is 8.84. The summed E-state index contributed by atoms with van der Waals surface area (Å²) in [6.07, 6.45) is 13.5. The molecule has 39 heavy (non-hydrogen) atoms.